The van der Waals surface area contributed by atoms with E-state index in [2.05, 4.69) is 20.4 Å². The fourth-order valence-electron chi connectivity index (χ4n) is 2.39. The summed E-state index contributed by atoms with van der Waals surface area (Å²) in [6.45, 7) is 11.0. The lowest BCUT2D eigenvalue weighted by Gasteiger charge is -2.16. The van der Waals surface area contributed by atoms with Crippen molar-refractivity contribution in [2.24, 2.45) is 5.92 Å². The predicted molar refractivity (Wildman–Crippen MR) is 113 cm³/mol. The lowest BCUT2D eigenvalue weighted by molar-refractivity contribution is -0.122. The SMILES string of the molecule is C=CCOc1c(Cl)cc(/C=C2\SC(=S)N(CC(C)C)C2=O)cc1OCC. The third kappa shape index (κ3) is 5.02. The van der Waals surface area contributed by atoms with Crippen LogP contribution < -0.4 is 9.47 Å². The van der Waals surface area contributed by atoms with E-state index in [4.69, 9.17) is 33.3 Å². The number of carbonyl (C=O) groups is 1. The standard InChI is InChI=1S/C19H22ClNO3S2/c1-5-7-24-17-14(20)8-13(9-15(17)23-6-2)10-16-18(22)21(11-12(3)4)19(25)26-16/h5,8-10,12H,1,6-7,11H2,2-4H3/b16-10-. The molecule has 0 aromatic heterocycles. The van der Waals surface area contributed by atoms with Crippen LogP contribution in [0, 0.1) is 5.92 Å². The van der Waals surface area contributed by atoms with E-state index in [1.165, 1.54) is 11.8 Å². The molecule has 0 spiro atoms. The van der Waals surface area contributed by atoms with Gasteiger partial charge in [0.05, 0.1) is 16.5 Å². The van der Waals surface area contributed by atoms with E-state index in [0.717, 1.165) is 5.56 Å². The summed E-state index contributed by atoms with van der Waals surface area (Å²) in [5.41, 5.74) is 0.759. The highest BCUT2D eigenvalue weighted by Gasteiger charge is 2.32. The van der Waals surface area contributed by atoms with Crippen LogP contribution in [-0.4, -0.2) is 34.9 Å². The molecule has 0 radical (unpaired) electrons. The Bertz CT molecular complexity index is 747. The second kappa shape index (κ2) is 9.44. The molecule has 4 nitrogen and oxygen atoms in total. The second-order valence-corrected chi connectivity index (χ2v) is 8.13. The summed E-state index contributed by atoms with van der Waals surface area (Å²) in [4.78, 5) is 14.8. The third-order valence-corrected chi connectivity index (χ3v) is 5.05. The van der Waals surface area contributed by atoms with E-state index < -0.39 is 0 Å². The Kier molecular flexibility index (Phi) is 7.55. The minimum Gasteiger partial charge on any atom is -0.490 e. The number of halogens is 1. The van der Waals surface area contributed by atoms with E-state index in [1.807, 2.05) is 13.0 Å². The van der Waals surface area contributed by atoms with Crippen LogP contribution >= 0.6 is 35.6 Å². The molecule has 0 atom stereocenters. The van der Waals surface area contributed by atoms with Gasteiger partial charge in [0.2, 0.25) is 0 Å². The monoisotopic (exact) mass is 411 g/mol. The molecule has 0 saturated carbocycles. The Morgan fingerprint density at radius 2 is 2.12 bits per heavy atom. The molecular formula is C19H22ClNO3S2. The van der Waals surface area contributed by atoms with Crippen molar-refractivity contribution in [3.8, 4) is 11.5 Å². The van der Waals surface area contributed by atoms with Gasteiger partial charge in [0.15, 0.2) is 11.5 Å². The molecule has 2 rings (SSSR count). The quantitative estimate of drug-likeness (QED) is 0.335. The summed E-state index contributed by atoms with van der Waals surface area (Å²) in [7, 11) is 0. The molecule has 1 aromatic carbocycles. The fourth-order valence-corrected chi connectivity index (χ4v) is 3.94. The summed E-state index contributed by atoms with van der Waals surface area (Å²) in [6, 6.07) is 3.56. The Morgan fingerprint density at radius 1 is 1.38 bits per heavy atom. The van der Waals surface area contributed by atoms with Gasteiger partial charge in [-0.1, -0.05) is 62.1 Å². The number of ether oxygens (including phenoxy) is 2. The summed E-state index contributed by atoms with van der Waals surface area (Å²) in [5.74, 6) is 1.27. The summed E-state index contributed by atoms with van der Waals surface area (Å²) < 4.78 is 11.8. The van der Waals surface area contributed by atoms with Crippen LogP contribution in [0.25, 0.3) is 6.08 Å². The van der Waals surface area contributed by atoms with Crippen molar-refractivity contribution >= 4 is 51.9 Å². The first-order valence-electron chi connectivity index (χ1n) is 8.32. The Morgan fingerprint density at radius 3 is 2.73 bits per heavy atom. The highest BCUT2D eigenvalue weighted by Crippen LogP contribution is 2.39. The molecule has 1 aliphatic rings. The Labute approximate surface area is 169 Å². The number of hydrogen-bond acceptors (Lipinski definition) is 5. The van der Waals surface area contributed by atoms with E-state index in [9.17, 15) is 4.79 Å². The summed E-state index contributed by atoms with van der Waals surface area (Å²) in [6.07, 6.45) is 3.42. The van der Waals surface area contributed by atoms with E-state index in [1.54, 1.807) is 23.1 Å². The largest absolute Gasteiger partial charge is 0.490 e. The zero-order chi connectivity index (χ0) is 19.3. The van der Waals surface area contributed by atoms with Crippen LogP contribution in [0.5, 0.6) is 11.5 Å². The number of benzene rings is 1. The zero-order valence-electron chi connectivity index (χ0n) is 15.1. The maximum atomic E-state index is 12.6. The lowest BCUT2D eigenvalue weighted by atomic mass is 10.1. The van der Waals surface area contributed by atoms with Crippen LogP contribution in [0.1, 0.15) is 26.3 Å². The maximum absolute atomic E-state index is 12.6. The van der Waals surface area contributed by atoms with Gasteiger partial charge in [0.25, 0.3) is 5.91 Å². The first kappa shape index (κ1) is 20.8. The molecule has 140 valence electrons. The number of thioether (sulfide) groups is 1. The number of amides is 1. The maximum Gasteiger partial charge on any atom is 0.266 e. The fraction of sp³-hybridized carbons (Fsp3) is 0.368. The van der Waals surface area contributed by atoms with Crippen LogP contribution in [0.4, 0.5) is 0 Å². The third-order valence-electron chi connectivity index (χ3n) is 3.40. The number of nitrogens with zero attached hydrogens (tertiary/aromatic N) is 1. The average molecular weight is 412 g/mol. The van der Waals surface area contributed by atoms with E-state index >= 15 is 0 Å². The van der Waals surface area contributed by atoms with E-state index in [0.29, 0.717) is 51.4 Å². The molecule has 0 unspecified atom stereocenters. The minimum absolute atomic E-state index is 0.0743. The molecule has 0 N–H and O–H groups in total. The molecule has 7 heteroatoms. The summed E-state index contributed by atoms with van der Waals surface area (Å²) in [5, 5.41) is 0.418. The molecule has 0 bridgehead atoms. The molecule has 1 heterocycles. The number of hydrogen-bond donors (Lipinski definition) is 0. The van der Waals surface area contributed by atoms with Crippen LogP contribution in [-0.2, 0) is 4.79 Å². The highest BCUT2D eigenvalue weighted by molar-refractivity contribution is 8.26. The first-order valence-corrected chi connectivity index (χ1v) is 9.93. The molecule has 1 aromatic rings. The lowest BCUT2D eigenvalue weighted by Crippen LogP contribution is -2.31. The average Bonchev–Trinajstić information content (AvgIpc) is 2.81. The van der Waals surface area contributed by atoms with Crippen molar-refractivity contribution in [1.29, 1.82) is 0 Å². The van der Waals surface area contributed by atoms with Gasteiger partial charge >= 0.3 is 0 Å². The normalized spacial score (nSPS) is 15.9. The van der Waals surface area contributed by atoms with Gasteiger partial charge in [0, 0.05) is 6.54 Å². The van der Waals surface area contributed by atoms with E-state index in [-0.39, 0.29) is 5.91 Å². The van der Waals surface area contributed by atoms with Gasteiger partial charge in [-0.15, -0.1) is 0 Å². The summed E-state index contributed by atoms with van der Waals surface area (Å²) >= 11 is 13.0. The second-order valence-electron chi connectivity index (χ2n) is 6.05. The van der Waals surface area contributed by atoms with Gasteiger partial charge in [-0.2, -0.15) is 0 Å². The van der Waals surface area contributed by atoms with Crippen molar-refractivity contribution in [1.82, 2.24) is 4.90 Å². The Balaban J connectivity index is 2.34. The van der Waals surface area contributed by atoms with Crippen LogP contribution in [0.2, 0.25) is 5.02 Å². The first-order chi connectivity index (χ1) is 12.4. The Hall–Kier alpha value is -1.50. The highest BCUT2D eigenvalue weighted by atomic mass is 35.5. The molecule has 1 aliphatic heterocycles. The van der Waals surface area contributed by atoms with Crippen molar-refractivity contribution in [3.05, 3.63) is 40.3 Å². The number of thiocarbonyl (C=S) groups is 1. The number of rotatable bonds is 8. The number of carbonyl (C=O) groups excluding carboxylic acids is 1. The van der Waals surface area contributed by atoms with Gasteiger partial charge in [-0.25, -0.2) is 0 Å². The topological polar surface area (TPSA) is 38.8 Å². The molecule has 1 fully saturated rings. The van der Waals surface area contributed by atoms with Gasteiger partial charge < -0.3 is 9.47 Å². The van der Waals surface area contributed by atoms with Gasteiger partial charge in [-0.3, -0.25) is 9.69 Å². The molecule has 1 amide bonds. The predicted octanol–water partition coefficient (Wildman–Crippen LogP) is 5.16. The van der Waals surface area contributed by atoms with Crippen LogP contribution in [0.15, 0.2) is 29.7 Å². The molecule has 26 heavy (non-hydrogen) atoms. The van der Waals surface area contributed by atoms with Crippen LogP contribution in [0.3, 0.4) is 0 Å². The van der Waals surface area contributed by atoms with Crippen molar-refractivity contribution in [3.63, 3.8) is 0 Å². The molecular weight excluding hydrogens is 390 g/mol. The zero-order valence-corrected chi connectivity index (χ0v) is 17.5. The van der Waals surface area contributed by atoms with Gasteiger partial charge in [-0.05, 0) is 36.6 Å². The minimum atomic E-state index is -0.0743. The van der Waals surface area contributed by atoms with Gasteiger partial charge in [0.1, 0.15) is 10.9 Å². The molecule has 0 aliphatic carbocycles. The molecule has 1 saturated heterocycles. The van der Waals surface area contributed by atoms with Crippen molar-refractivity contribution in [2.45, 2.75) is 20.8 Å². The smallest absolute Gasteiger partial charge is 0.266 e. The van der Waals surface area contributed by atoms with Crippen molar-refractivity contribution in [2.75, 3.05) is 19.8 Å². The van der Waals surface area contributed by atoms with Crippen molar-refractivity contribution < 1.29 is 14.3 Å².